The fourth-order valence-corrected chi connectivity index (χ4v) is 2.29. The second kappa shape index (κ2) is 11.0. The summed E-state index contributed by atoms with van der Waals surface area (Å²) in [5.74, 6) is 2.57. The Morgan fingerprint density at radius 2 is 1.72 bits per heavy atom. The van der Waals surface area contributed by atoms with Crippen LogP contribution in [0.3, 0.4) is 0 Å². The van der Waals surface area contributed by atoms with E-state index < -0.39 is 0 Å². The first-order valence-electron chi connectivity index (χ1n) is 8.64. The molecule has 0 saturated carbocycles. The molecule has 2 aromatic carbocycles. The number of nitrogens with one attached hydrogen (secondary N) is 2. The van der Waals surface area contributed by atoms with Gasteiger partial charge in [-0.1, -0.05) is 30.3 Å². The van der Waals surface area contributed by atoms with Crippen LogP contribution in [0.1, 0.15) is 12.5 Å². The Morgan fingerprint density at radius 3 is 2.40 bits per heavy atom. The normalized spacial score (nSPS) is 11.0. The topological polar surface area (TPSA) is 54.9 Å². The van der Waals surface area contributed by atoms with Crippen molar-refractivity contribution < 1.29 is 9.47 Å². The molecular weight excluding hydrogens is 314 g/mol. The lowest BCUT2D eigenvalue weighted by molar-refractivity contribution is 0.322. The van der Waals surface area contributed by atoms with Crippen molar-refractivity contribution in [2.24, 2.45) is 4.99 Å². The highest BCUT2D eigenvalue weighted by Gasteiger charge is 1.99. The Bertz CT molecular complexity index is 627. The number of hydrogen-bond acceptors (Lipinski definition) is 3. The van der Waals surface area contributed by atoms with Gasteiger partial charge < -0.3 is 20.1 Å². The third-order valence-corrected chi connectivity index (χ3v) is 3.58. The van der Waals surface area contributed by atoms with Crippen LogP contribution in [0.5, 0.6) is 11.5 Å². The molecule has 0 aromatic heterocycles. The van der Waals surface area contributed by atoms with Crippen molar-refractivity contribution in [1.82, 2.24) is 10.6 Å². The van der Waals surface area contributed by atoms with Crippen molar-refractivity contribution in [3.05, 3.63) is 60.2 Å². The SMILES string of the molecule is CCNC(=NCCc1ccc(OC)cc1)NCCOc1ccccc1. The second-order valence-electron chi connectivity index (χ2n) is 5.45. The zero-order chi connectivity index (χ0) is 17.7. The molecule has 0 aliphatic heterocycles. The van der Waals surface area contributed by atoms with Crippen LogP contribution in [0, 0.1) is 0 Å². The van der Waals surface area contributed by atoms with Crippen molar-refractivity contribution in [3.8, 4) is 11.5 Å². The van der Waals surface area contributed by atoms with E-state index in [0.29, 0.717) is 13.2 Å². The van der Waals surface area contributed by atoms with E-state index in [0.717, 1.165) is 37.0 Å². The first-order chi connectivity index (χ1) is 12.3. The number of para-hydroxylation sites is 1. The van der Waals surface area contributed by atoms with Crippen molar-refractivity contribution in [2.45, 2.75) is 13.3 Å². The van der Waals surface area contributed by atoms with E-state index in [2.05, 4.69) is 34.7 Å². The summed E-state index contributed by atoms with van der Waals surface area (Å²) < 4.78 is 10.8. The van der Waals surface area contributed by atoms with E-state index in [1.165, 1.54) is 5.56 Å². The molecule has 2 N–H and O–H groups in total. The molecule has 5 nitrogen and oxygen atoms in total. The molecule has 25 heavy (non-hydrogen) atoms. The number of rotatable bonds is 9. The van der Waals surface area contributed by atoms with E-state index in [9.17, 15) is 0 Å². The van der Waals surface area contributed by atoms with Crippen molar-refractivity contribution in [2.75, 3.05) is 33.4 Å². The predicted molar refractivity (Wildman–Crippen MR) is 103 cm³/mol. The number of benzene rings is 2. The van der Waals surface area contributed by atoms with Crippen LogP contribution in [-0.4, -0.2) is 39.3 Å². The molecule has 0 amide bonds. The van der Waals surface area contributed by atoms with Crippen LogP contribution in [0.2, 0.25) is 0 Å². The molecule has 0 heterocycles. The zero-order valence-corrected chi connectivity index (χ0v) is 15.0. The molecular formula is C20H27N3O2. The Balaban J connectivity index is 1.73. The lowest BCUT2D eigenvalue weighted by Crippen LogP contribution is -2.39. The molecule has 0 saturated heterocycles. The summed E-state index contributed by atoms with van der Waals surface area (Å²) in [7, 11) is 1.68. The van der Waals surface area contributed by atoms with Gasteiger partial charge in [0.1, 0.15) is 18.1 Å². The minimum atomic E-state index is 0.590. The van der Waals surface area contributed by atoms with Crippen LogP contribution in [0.15, 0.2) is 59.6 Å². The quantitative estimate of drug-likeness (QED) is 0.418. The maximum atomic E-state index is 5.67. The van der Waals surface area contributed by atoms with Gasteiger partial charge in [-0.15, -0.1) is 0 Å². The lowest BCUT2D eigenvalue weighted by Gasteiger charge is -2.12. The smallest absolute Gasteiger partial charge is 0.191 e. The van der Waals surface area contributed by atoms with Gasteiger partial charge in [0, 0.05) is 13.1 Å². The summed E-state index contributed by atoms with van der Waals surface area (Å²) >= 11 is 0. The molecule has 0 bridgehead atoms. The standard InChI is InChI=1S/C20H27N3O2/c1-3-21-20(23-15-16-25-19-7-5-4-6-8-19)22-14-13-17-9-11-18(24-2)12-10-17/h4-12H,3,13-16H2,1-2H3,(H2,21,22,23). The minimum Gasteiger partial charge on any atom is -0.497 e. The average Bonchev–Trinajstić information content (AvgIpc) is 2.66. The van der Waals surface area contributed by atoms with Crippen molar-refractivity contribution in [1.29, 1.82) is 0 Å². The second-order valence-corrected chi connectivity index (χ2v) is 5.45. The van der Waals surface area contributed by atoms with Crippen molar-refractivity contribution >= 4 is 5.96 Å². The number of nitrogens with zero attached hydrogens (tertiary/aromatic N) is 1. The summed E-state index contributed by atoms with van der Waals surface area (Å²) in [5.41, 5.74) is 1.24. The molecule has 0 aliphatic rings. The monoisotopic (exact) mass is 341 g/mol. The third kappa shape index (κ3) is 7.16. The Morgan fingerprint density at radius 1 is 0.960 bits per heavy atom. The highest BCUT2D eigenvalue weighted by Crippen LogP contribution is 2.11. The molecule has 0 radical (unpaired) electrons. The largest absolute Gasteiger partial charge is 0.497 e. The molecule has 0 unspecified atom stereocenters. The maximum Gasteiger partial charge on any atom is 0.191 e. The van der Waals surface area contributed by atoms with E-state index in [-0.39, 0.29) is 0 Å². The van der Waals surface area contributed by atoms with E-state index in [1.807, 2.05) is 42.5 Å². The van der Waals surface area contributed by atoms with E-state index in [4.69, 9.17) is 9.47 Å². The van der Waals surface area contributed by atoms with Gasteiger partial charge in [0.25, 0.3) is 0 Å². The van der Waals surface area contributed by atoms with E-state index >= 15 is 0 Å². The highest BCUT2D eigenvalue weighted by molar-refractivity contribution is 5.79. The number of hydrogen-bond donors (Lipinski definition) is 2. The van der Waals surface area contributed by atoms with Crippen LogP contribution in [-0.2, 0) is 6.42 Å². The minimum absolute atomic E-state index is 0.590. The molecule has 0 spiro atoms. The number of methoxy groups -OCH3 is 1. The van der Waals surface area contributed by atoms with Gasteiger partial charge in [0.2, 0.25) is 0 Å². The third-order valence-electron chi connectivity index (χ3n) is 3.58. The molecule has 134 valence electrons. The predicted octanol–water partition coefficient (Wildman–Crippen LogP) is 2.87. The van der Waals surface area contributed by atoms with Gasteiger partial charge in [0.05, 0.1) is 13.7 Å². The van der Waals surface area contributed by atoms with Gasteiger partial charge in [-0.25, -0.2) is 0 Å². The zero-order valence-electron chi connectivity index (χ0n) is 15.0. The molecule has 0 atom stereocenters. The van der Waals surface area contributed by atoms with E-state index in [1.54, 1.807) is 7.11 Å². The van der Waals surface area contributed by atoms with Gasteiger partial charge in [-0.05, 0) is 43.2 Å². The Hall–Kier alpha value is -2.69. The van der Waals surface area contributed by atoms with Crippen molar-refractivity contribution in [3.63, 3.8) is 0 Å². The molecule has 5 heteroatoms. The van der Waals surface area contributed by atoms with Crippen LogP contribution in [0.4, 0.5) is 0 Å². The first kappa shape index (κ1) is 18.6. The first-order valence-corrected chi connectivity index (χ1v) is 8.64. The van der Waals surface area contributed by atoms with Gasteiger partial charge in [0.15, 0.2) is 5.96 Å². The Labute approximate surface area is 150 Å². The van der Waals surface area contributed by atoms with Crippen LogP contribution in [0.25, 0.3) is 0 Å². The van der Waals surface area contributed by atoms with Gasteiger partial charge in [-0.2, -0.15) is 0 Å². The average molecular weight is 341 g/mol. The fourth-order valence-electron chi connectivity index (χ4n) is 2.29. The Kier molecular flexibility index (Phi) is 8.18. The number of aliphatic imine (C=N–C) groups is 1. The summed E-state index contributed by atoms with van der Waals surface area (Å²) in [6.45, 7) is 4.90. The fraction of sp³-hybridized carbons (Fsp3) is 0.350. The molecule has 2 rings (SSSR count). The van der Waals surface area contributed by atoms with Gasteiger partial charge in [-0.3, -0.25) is 4.99 Å². The highest BCUT2D eigenvalue weighted by atomic mass is 16.5. The molecule has 0 aliphatic carbocycles. The molecule has 2 aromatic rings. The maximum absolute atomic E-state index is 5.67. The summed E-state index contributed by atoms with van der Waals surface area (Å²) in [6, 6.07) is 17.9. The van der Waals surface area contributed by atoms with Gasteiger partial charge >= 0.3 is 0 Å². The summed E-state index contributed by atoms with van der Waals surface area (Å²) in [5, 5.41) is 6.54. The number of guanidine groups is 1. The van der Waals surface area contributed by atoms with Crippen LogP contribution < -0.4 is 20.1 Å². The summed E-state index contributed by atoms with van der Waals surface area (Å²) in [6.07, 6.45) is 0.890. The number of ether oxygens (including phenoxy) is 2. The molecule has 0 fully saturated rings. The summed E-state index contributed by atoms with van der Waals surface area (Å²) in [4.78, 5) is 4.60. The van der Waals surface area contributed by atoms with Crippen LogP contribution >= 0.6 is 0 Å². The lowest BCUT2D eigenvalue weighted by atomic mass is 10.1.